The summed E-state index contributed by atoms with van der Waals surface area (Å²) in [6.45, 7) is 2.85. The highest BCUT2D eigenvalue weighted by atomic mass is 32.2. The fourth-order valence-electron chi connectivity index (χ4n) is 8.78. The van der Waals surface area contributed by atoms with E-state index in [0.29, 0.717) is 99.1 Å². The third kappa shape index (κ3) is 11.9. The molecule has 2 N–H and O–H groups in total. The zero-order chi connectivity index (χ0) is 48.7. The van der Waals surface area contributed by atoms with Crippen molar-refractivity contribution in [2.24, 2.45) is 0 Å². The van der Waals surface area contributed by atoms with Crippen LogP contribution in [0.4, 0.5) is 26.3 Å². The summed E-state index contributed by atoms with van der Waals surface area (Å²) in [4.78, 5) is 72.9. The molecule has 364 valence electrons. The molecule has 4 aromatic carbocycles. The van der Waals surface area contributed by atoms with Crippen molar-refractivity contribution in [2.75, 3.05) is 52.5 Å². The monoisotopic (exact) mass is 978 g/mol. The number of nitrogens with one attached hydrogen (secondary N) is 2. The second-order valence-electron chi connectivity index (χ2n) is 16.8. The number of fused-ring (bicyclic) bond motifs is 2. The minimum absolute atomic E-state index is 0.0299. The fourth-order valence-corrected chi connectivity index (χ4v) is 9.93. The normalized spacial score (nSPS) is 16.2. The molecule has 0 unspecified atom stereocenters. The molecule has 0 atom stereocenters. The lowest BCUT2D eigenvalue weighted by Crippen LogP contribution is -2.29. The van der Waals surface area contributed by atoms with Crippen LogP contribution in [0.1, 0.15) is 71.9 Å². The summed E-state index contributed by atoms with van der Waals surface area (Å²) in [6, 6.07) is 13.5. The maximum absolute atomic E-state index is 15.8. The lowest BCUT2D eigenvalue weighted by molar-refractivity contribution is -0.215. The number of alkyl halides is 6. The Morgan fingerprint density at radius 2 is 1.04 bits per heavy atom. The highest BCUT2D eigenvalue weighted by Crippen LogP contribution is 2.52. The Hall–Kier alpha value is -6.31. The van der Waals surface area contributed by atoms with E-state index in [9.17, 15) is 19.2 Å². The molecule has 8 rings (SSSR count). The van der Waals surface area contributed by atoms with Crippen molar-refractivity contribution in [3.05, 3.63) is 106 Å². The van der Waals surface area contributed by atoms with Crippen molar-refractivity contribution in [1.82, 2.24) is 20.4 Å². The van der Waals surface area contributed by atoms with E-state index in [1.54, 1.807) is 9.80 Å². The predicted octanol–water partition coefficient (Wildman–Crippen LogP) is 9.23. The molecule has 0 saturated carbocycles. The number of amides is 4. The van der Waals surface area contributed by atoms with Crippen LogP contribution in [0.5, 0.6) is 11.5 Å². The first-order valence-corrected chi connectivity index (χ1v) is 23.4. The first-order valence-electron chi connectivity index (χ1n) is 22.6. The van der Waals surface area contributed by atoms with Gasteiger partial charge in [0, 0.05) is 109 Å². The molecule has 4 heterocycles. The molecule has 4 aromatic rings. The molecule has 2 fully saturated rings. The van der Waals surface area contributed by atoms with Crippen LogP contribution >= 0.6 is 11.8 Å². The van der Waals surface area contributed by atoms with Gasteiger partial charge < -0.3 is 30.2 Å². The summed E-state index contributed by atoms with van der Waals surface area (Å²) >= 11 is 0.292. The molecule has 0 aromatic heterocycles. The van der Waals surface area contributed by atoms with Crippen LogP contribution in [0, 0.1) is 0 Å². The average Bonchev–Trinajstić information content (AvgIpc) is 3.95. The van der Waals surface area contributed by atoms with Crippen molar-refractivity contribution in [2.45, 2.75) is 73.5 Å². The van der Waals surface area contributed by atoms with E-state index in [1.165, 1.54) is 60.7 Å². The van der Waals surface area contributed by atoms with E-state index in [4.69, 9.17) is 19.6 Å². The number of hydrogen-bond donors (Lipinski definition) is 2. The van der Waals surface area contributed by atoms with Crippen molar-refractivity contribution in [3.8, 4) is 33.8 Å². The summed E-state index contributed by atoms with van der Waals surface area (Å²) in [5.41, 5.74) is -2.04. The number of carbonyl (C=O) groups is 4. The van der Waals surface area contributed by atoms with E-state index in [2.05, 4.69) is 10.6 Å². The summed E-state index contributed by atoms with van der Waals surface area (Å²) in [5.74, 6) is -0.522. The number of hydrogen-bond acceptors (Lipinski definition) is 9. The Balaban J connectivity index is 1.17. The molecule has 2 saturated heterocycles. The third-order valence-electron chi connectivity index (χ3n) is 12.1. The number of carbonyl (C=O) groups excluding carboxylic acids is 4. The Labute approximate surface area is 397 Å². The van der Waals surface area contributed by atoms with Crippen molar-refractivity contribution in [3.63, 3.8) is 0 Å². The molecular formula is C50H48F6N4O8S. The molecular weight excluding hydrogens is 931 g/mol. The topological polar surface area (TPSA) is 136 Å². The number of likely N-dealkylation sites (tertiary alicyclic amines) is 2. The zero-order valence-electron chi connectivity index (χ0n) is 37.2. The summed E-state index contributed by atoms with van der Waals surface area (Å²) in [5, 5.41) is 5.40. The van der Waals surface area contributed by atoms with Gasteiger partial charge in [-0.25, -0.2) is 0 Å². The van der Waals surface area contributed by atoms with Gasteiger partial charge in [-0.05, 0) is 96.5 Å². The molecule has 0 radical (unpaired) electrons. The molecule has 19 heteroatoms. The first-order chi connectivity index (χ1) is 33.1. The Kier molecular flexibility index (Phi) is 15.3. The minimum atomic E-state index is -5.13. The lowest BCUT2D eigenvalue weighted by atomic mass is 9.91. The van der Waals surface area contributed by atoms with Crippen LogP contribution in [0.3, 0.4) is 0 Å². The quantitative estimate of drug-likeness (QED) is 0.0488. The van der Waals surface area contributed by atoms with Crippen LogP contribution in [-0.2, 0) is 54.1 Å². The minimum Gasteiger partial charge on any atom is -0.352 e. The molecule has 4 aliphatic rings. The van der Waals surface area contributed by atoms with Gasteiger partial charge in [-0.15, -0.1) is 0 Å². The number of nitrogens with zero attached hydrogens (tertiary/aromatic N) is 2. The van der Waals surface area contributed by atoms with Crippen LogP contribution < -0.4 is 20.4 Å². The predicted molar refractivity (Wildman–Crippen MR) is 243 cm³/mol. The first kappa shape index (κ1) is 49.1. The van der Waals surface area contributed by atoms with Crippen molar-refractivity contribution in [1.29, 1.82) is 0 Å². The number of benzene rings is 4. The standard InChI is InChI=1S/C50H48F6N4O8S/c51-49(52,53)47-39(15-9-31(45(47)35-7-13-37-33(29-35)19-27-65-67-37)11-17-41(61)57-21-3-25-59-23-1-5-43(59)63)69-40-16-10-32(12-18-42(62)58-22-4-26-60-24-2-6-44(60)64)46(48(40)50(54,55)56)36-8-14-38-34(30-36)20-28-66-68-38/h7-18,29-30H,1-6,19-28H2,(H,57,61)(H,58,62)/b17-11+,18-12+. The second-order valence-corrected chi connectivity index (χ2v) is 17.9. The molecule has 0 spiro atoms. The van der Waals surface area contributed by atoms with Crippen molar-refractivity contribution < 1.29 is 65.1 Å². The average molecular weight is 979 g/mol. The van der Waals surface area contributed by atoms with Gasteiger partial charge in [0.05, 0.1) is 24.3 Å². The van der Waals surface area contributed by atoms with Crippen LogP contribution in [0.15, 0.2) is 82.6 Å². The smallest absolute Gasteiger partial charge is 0.352 e. The van der Waals surface area contributed by atoms with Gasteiger partial charge in [-0.2, -0.15) is 36.1 Å². The summed E-state index contributed by atoms with van der Waals surface area (Å²) in [6.07, 6.45) is -1.59. The highest BCUT2D eigenvalue weighted by Gasteiger charge is 2.41. The molecule has 0 aliphatic carbocycles. The second kappa shape index (κ2) is 21.5. The number of rotatable bonds is 16. The SMILES string of the molecule is O=C(/C=C/c1ccc(Sc2ccc(/C=C/C(=O)NCCCN3CCCC3=O)c(-c3ccc4c(c3)CCOO4)c2C(F)(F)F)c(C(F)(F)F)c1-c1ccc2c(c1)CCOO2)NCCCN1CCCC1=O. The maximum atomic E-state index is 15.8. The van der Waals surface area contributed by atoms with E-state index >= 15 is 26.3 Å². The highest BCUT2D eigenvalue weighted by molar-refractivity contribution is 7.99. The van der Waals surface area contributed by atoms with Crippen molar-refractivity contribution >= 4 is 47.5 Å². The van der Waals surface area contributed by atoms with E-state index in [-0.39, 0.29) is 71.5 Å². The third-order valence-corrected chi connectivity index (χ3v) is 13.2. The largest absolute Gasteiger partial charge is 0.418 e. The van der Waals surface area contributed by atoms with Gasteiger partial charge in [0.2, 0.25) is 23.6 Å². The van der Waals surface area contributed by atoms with Gasteiger partial charge in [0.15, 0.2) is 11.5 Å². The van der Waals surface area contributed by atoms with E-state index in [0.717, 1.165) is 37.1 Å². The van der Waals surface area contributed by atoms with Crippen LogP contribution in [0.25, 0.3) is 34.4 Å². The van der Waals surface area contributed by atoms with Gasteiger partial charge in [-0.3, -0.25) is 19.2 Å². The Morgan fingerprint density at radius 1 is 0.609 bits per heavy atom. The fraction of sp³-hybridized carbons (Fsp3) is 0.360. The molecule has 69 heavy (non-hydrogen) atoms. The van der Waals surface area contributed by atoms with Crippen LogP contribution in [-0.4, -0.2) is 85.9 Å². The number of halogens is 6. The Morgan fingerprint density at radius 3 is 1.43 bits per heavy atom. The molecule has 0 bridgehead atoms. The lowest BCUT2D eigenvalue weighted by Gasteiger charge is -2.24. The van der Waals surface area contributed by atoms with E-state index in [1.807, 2.05) is 0 Å². The zero-order valence-corrected chi connectivity index (χ0v) is 38.0. The summed E-state index contributed by atoms with van der Waals surface area (Å²) < 4.78 is 94.6. The summed E-state index contributed by atoms with van der Waals surface area (Å²) in [7, 11) is 0. The van der Waals surface area contributed by atoms with E-state index < -0.39 is 45.1 Å². The van der Waals surface area contributed by atoms with Gasteiger partial charge >= 0.3 is 12.4 Å². The van der Waals surface area contributed by atoms with Gasteiger partial charge in [0.1, 0.15) is 0 Å². The molecule has 4 aliphatic heterocycles. The molecule has 12 nitrogen and oxygen atoms in total. The van der Waals surface area contributed by atoms with Gasteiger partial charge in [0.25, 0.3) is 0 Å². The van der Waals surface area contributed by atoms with Crippen LogP contribution in [0.2, 0.25) is 0 Å². The molecule has 4 amide bonds. The Bertz CT molecular complexity index is 2490. The maximum Gasteiger partial charge on any atom is 0.418 e. The van der Waals surface area contributed by atoms with Gasteiger partial charge in [-0.1, -0.05) is 36.0 Å².